The van der Waals surface area contributed by atoms with Crippen LogP contribution in [0, 0.1) is 0 Å². The first-order valence-electron chi connectivity index (χ1n) is 6.76. The highest BCUT2D eigenvalue weighted by Crippen LogP contribution is 2.01. The van der Waals surface area contributed by atoms with E-state index in [2.05, 4.69) is 5.32 Å². The third-order valence-electron chi connectivity index (χ3n) is 2.83. The summed E-state index contributed by atoms with van der Waals surface area (Å²) in [5.74, 6) is -0.609. The second-order valence-electron chi connectivity index (χ2n) is 4.50. The lowest BCUT2D eigenvalue weighted by atomic mass is 10.2. The Hall–Kier alpha value is -0.830. The zero-order chi connectivity index (χ0) is 16.1. The van der Waals surface area contributed by atoms with Gasteiger partial charge in [-0.3, -0.25) is 9.69 Å². The SMILES string of the molecule is COCCN(CCOC)CC(=O)NC(CCSC)C(=O)O. The summed E-state index contributed by atoms with van der Waals surface area (Å²) in [7, 11) is 3.19. The van der Waals surface area contributed by atoms with Gasteiger partial charge in [-0.15, -0.1) is 0 Å². The van der Waals surface area contributed by atoms with E-state index < -0.39 is 12.0 Å². The lowest BCUT2D eigenvalue weighted by Crippen LogP contribution is -2.47. The standard InChI is InChI=1S/C13H26N2O5S/c1-19-7-5-15(6-8-20-2)10-12(16)14-11(13(17)18)4-9-21-3/h11H,4-10H2,1-3H3,(H,14,16)(H,17,18). The molecule has 124 valence electrons. The van der Waals surface area contributed by atoms with E-state index in [1.807, 2.05) is 11.2 Å². The molecule has 7 nitrogen and oxygen atoms in total. The van der Waals surface area contributed by atoms with Crippen LogP contribution in [0.2, 0.25) is 0 Å². The van der Waals surface area contributed by atoms with Crippen LogP contribution >= 0.6 is 11.8 Å². The smallest absolute Gasteiger partial charge is 0.326 e. The predicted octanol–water partition coefficient (Wildman–Crippen LogP) is -0.0963. The number of carbonyl (C=O) groups is 2. The van der Waals surface area contributed by atoms with Gasteiger partial charge in [0.1, 0.15) is 6.04 Å². The lowest BCUT2D eigenvalue weighted by Gasteiger charge is -2.22. The van der Waals surface area contributed by atoms with Gasteiger partial charge in [-0.25, -0.2) is 4.79 Å². The van der Waals surface area contributed by atoms with Crippen LogP contribution in [0.4, 0.5) is 0 Å². The molecule has 0 spiro atoms. The van der Waals surface area contributed by atoms with Gasteiger partial charge < -0.3 is 19.9 Å². The van der Waals surface area contributed by atoms with Gasteiger partial charge >= 0.3 is 5.97 Å². The van der Waals surface area contributed by atoms with E-state index >= 15 is 0 Å². The number of carboxylic acids is 1. The second kappa shape index (κ2) is 12.9. The maximum absolute atomic E-state index is 12.0. The van der Waals surface area contributed by atoms with E-state index in [9.17, 15) is 9.59 Å². The highest BCUT2D eigenvalue weighted by Gasteiger charge is 2.20. The number of rotatable bonds is 13. The molecule has 2 N–H and O–H groups in total. The van der Waals surface area contributed by atoms with E-state index in [-0.39, 0.29) is 12.5 Å². The summed E-state index contributed by atoms with van der Waals surface area (Å²) in [5, 5.41) is 11.6. The molecule has 1 atom stereocenters. The molecule has 0 rings (SSSR count). The van der Waals surface area contributed by atoms with Crippen LogP contribution in [0.5, 0.6) is 0 Å². The number of hydrogen-bond donors (Lipinski definition) is 2. The first-order valence-corrected chi connectivity index (χ1v) is 8.15. The molecule has 0 aliphatic carbocycles. The van der Waals surface area contributed by atoms with Crippen molar-refractivity contribution in [3.8, 4) is 0 Å². The molecule has 0 radical (unpaired) electrons. The normalized spacial score (nSPS) is 12.4. The molecule has 0 bridgehead atoms. The minimum Gasteiger partial charge on any atom is -0.480 e. The number of carbonyl (C=O) groups excluding carboxylic acids is 1. The predicted molar refractivity (Wildman–Crippen MR) is 82.8 cm³/mol. The van der Waals surface area contributed by atoms with Crippen LogP contribution in [0.3, 0.4) is 0 Å². The Labute approximate surface area is 130 Å². The zero-order valence-electron chi connectivity index (χ0n) is 13.0. The average Bonchev–Trinajstić information content (AvgIpc) is 2.45. The topological polar surface area (TPSA) is 88.1 Å². The summed E-state index contributed by atoms with van der Waals surface area (Å²) in [5.41, 5.74) is 0. The van der Waals surface area contributed by atoms with Crippen molar-refractivity contribution < 1.29 is 24.2 Å². The fourth-order valence-electron chi connectivity index (χ4n) is 1.65. The summed E-state index contributed by atoms with van der Waals surface area (Å²) < 4.78 is 9.99. The third kappa shape index (κ3) is 10.5. The number of ether oxygens (including phenoxy) is 2. The highest BCUT2D eigenvalue weighted by atomic mass is 32.2. The van der Waals surface area contributed by atoms with Gasteiger partial charge in [0.05, 0.1) is 19.8 Å². The van der Waals surface area contributed by atoms with Crippen molar-refractivity contribution in [3.05, 3.63) is 0 Å². The summed E-state index contributed by atoms with van der Waals surface area (Å²) >= 11 is 1.55. The fraction of sp³-hybridized carbons (Fsp3) is 0.846. The molecule has 0 aliphatic rings. The summed E-state index contributed by atoms with van der Waals surface area (Å²) in [6.45, 7) is 2.33. The Balaban J connectivity index is 4.32. The molecule has 21 heavy (non-hydrogen) atoms. The van der Waals surface area contributed by atoms with E-state index in [1.165, 1.54) is 0 Å². The molecular weight excluding hydrogens is 296 g/mol. The molecule has 0 saturated carbocycles. The van der Waals surface area contributed by atoms with Gasteiger partial charge in [0, 0.05) is 27.3 Å². The van der Waals surface area contributed by atoms with E-state index in [1.54, 1.807) is 26.0 Å². The van der Waals surface area contributed by atoms with E-state index in [0.29, 0.717) is 38.5 Å². The Morgan fingerprint density at radius 1 is 1.24 bits per heavy atom. The number of amides is 1. The minimum atomic E-state index is -1.00. The van der Waals surface area contributed by atoms with Crippen LogP contribution in [0.15, 0.2) is 0 Å². The molecule has 8 heteroatoms. The van der Waals surface area contributed by atoms with Crippen molar-refractivity contribution in [2.45, 2.75) is 12.5 Å². The molecule has 0 aromatic rings. The van der Waals surface area contributed by atoms with Gasteiger partial charge in [-0.05, 0) is 18.4 Å². The number of aliphatic carboxylic acids is 1. The lowest BCUT2D eigenvalue weighted by molar-refractivity contribution is -0.142. The van der Waals surface area contributed by atoms with E-state index in [0.717, 1.165) is 0 Å². The Kier molecular flexibility index (Phi) is 12.4. The van der Waals surface area contributed by atoms with E-state index in [4.69, 9.17) is 14.6 Å². The van der Waals surface area contributed by atoms with Crippen molar-refractivity contribution in [3.63, 3.8) is 0 Å². The van der Waals surface area contributed by atoms with Crippen LogP contribution in [-0.4, -0.2) is 87.0 Å². The first kappa shape index (κ1) is 20.2. The number of methoxy groups -OCH3 is 2. The molecule has 0 aromatic carbocycles. The Bertz CT molecular complexity index is 296. The van der Waals surface area contributed by atoms with Crippen LogP contribution < -0.4 is 5.32 Å². The molecule has 1 amide bonds. The van der Waals surface area contributed by atoms with Gasteiger partial charge in [0.2, 0.25) is 5.91 Å². The Morgan fingerprint density at radius 2 is 1.81 bits per heavy atom. The molecule has 0 fully saturated rings. The summed E-state index contributed by atoms with van der Waals surface area (Å²) in [6, 6.07) is -0.836. The molecular formula is C13H26N2O5S. The number of thioether (sulfide) groups is 1. The monoisotopic (exact) mass is 322 g/mol. The molecule has 0 saturated heterocycles. The number of nitrogens with one attached hydrogen (secondary N) is 1. The summed E-state index contributed by atoms with van der Waals surface area (Å²) in [6.07, 6.45) is 2.32. The second-order valence-corrected chi connectivity index (χ2v) is 5.49. The van der Waals surface area contributed by atoms with Crippen molar-refractivity contribution in [1.29, 1.82) is 0 Å². The van der Waals surface area contributed by atoms with Crippen LogP contribution in [0.25, 0.3) is 0 Å². The average molecular weight is 322 g/mol. The van der Waals surface area contributed by atoms with Gasteiger partial charge in [-0.1, -0.05) is 0 Å². The fourth-order valence-corrected chi connectivity index (χ4v) is 2.12. The Morgan fingerprint density at radius 3 is 2.24 bits per heavy atom. The van der Waals surface area contributed by atoms with Crippen molar-refractivity contribution >= 4 is 23.6 Å². The zero-order valence-corrected chi connectivity index (χ0v) is 13.8. The summed E-state index contributed by atoms with van der Waals surface area (Å²) in [4.78, 5) is 24.9. The number of carboxylic acid groups (broad SMARTS) is 1. The third-order valence-corrected chi connectivity index (χ3v) is 3.48. The van der Waals surface area contributed by atoms with Gasteiger partial charge in [-0.2, -0.15) is 11.8 Å². The number of hydrogen-bond acceptors (Lipinski definition) is 6. The van der Waals surface area contributed by atoms with Crippen LogP contribution in [-0.2, 0) is 19.1 Å². The van der Waals surface area contributed by atoms with Crippen molar-refractivity contribution in [2.75, 3.05) is 59.1 Å². The maximum atomic E-state index is 12.0. The minimum absolute atomic E-state index is 0.135. The number of nitrogens with zero attached hydrogens (tertiary/aromatic N) is 1. The largest absolute Gasteiger partial charge is 0.480 e. The van der Waals surface area contributed by atoms with Gasteiger partial charge in [0.25, 0.3) is 0 Å². The molecule has 0 aromatic heterocycles. The molecule has 0 heterocycles. The molecule has 1 unspecified atom stereocenters. The van der Waals surface area contributed by atoms with Crippen molar-refractivity contribution in [2.24, 2.45) is 0 Å². The van der Waals surface area contributed by atoms with Gasteiger partial charge in [0.15, 0.2) is 0 Å². The molecule has 0 aliphatic heterocycles. The highest BCUT2D eigenvalue weighted by molar-refractivity contribution is 7.98. The quantitative estimate of drug-likeness (QED) is 0.490. The van der Waals surface area contributed by atoms with Crippen LogP contribution in [0.1, 0.15) is 6.42 Å². The first-order chi connectivity index (χ1) is 10.0. The maximum Gasteiger partial charge on any atom is 0.326 e. The van der Waals surface area contributed by atoms with Crippen molar-refractivity contribution in [1.82, 2.24) is 10.2 Å².